The lowest BCUT2D eigenvalue weighted by molar-refractivity contribution is 0.137. The number of rotatable bonds is 15. The van der Waals surface area contributed by atoms with Gasteiger partial charge in [-0.2, -0.15) is 0 Å². The van der Waals surface area contributed by atoms with E-state index < -0.39 is 0 Å². The Morgan fingerprint density at radius 2 is 1.05 bits per heavy atom. The van der Waals surface area contributed by atoms with Gasteiger partial charge in [0.25, 0.3) is 0 Å². The molecule has 0 radical (unpaired) electrons. The van der Waals surface area contributed by atoms with Gasteiger partial charge in [0.1, 0.15) is 0 Å². The van der Waals surface area contributed by atoms with Gasteiger partial charge in [-0.1, -0.05) is 77.6 Å². The normalized spacial score (nSPS) is 10.4. The molecule has 0 aliphatic heterocycles. The van der Waals surface area contributed by atoms with Gasteiger partial charge in [0.05, 0.1) is 6.61 Å². The van der Waals surface area contributed by atoms with Crippen LogP contribution in [0.25, 0.3) is 0 Å². The Morgan fingerprint density at radius 3 is 1.47 bits per heavy atom. The molecule has 0 spiro atoms. The topological polar surface area (TPSA) is 35.2 Å². The van der Waals surface area contributed by atoms with Crippen molar-refractivity contribution in [2.24, 2.45) is 5.73 Å². The van der Waals surface area contributed by atoms with Gasteiger partial charge in [0, 0.05) is 13.2 Å². The first kappa shape index (κ1) is 21.5. The summed E-state index contributed by atoms with van der Waals surface area (Å²) in [5.41, 5.74) is 5.35. The van der Waals surface area contributed by atoms with Crippen molar-refractivity contribution in [1.29, 1.82) is 0 Å². The van der Waals surface area contributed by atoms with Crippen molar-refractivity contribution in [3.05, 3.63) is 0 Å². The molecule has 0 fully saturated rings. The summed E-state index contributed by atoms with van der Waals surface area (Å²) in [5, 5.41) is 0. The highest BCUT2D eigenvalue weighted by Gasteiger charge is 1.93. The summed E-state index contributed by atoms with van der Waals surface area (Å²) in [6, 6.07) is 0. The van der Waals surface area contributed by atoms with Crippen molar-refractivity contribution in [1.82, 2.24) is 0 Å². The quantitative estimate of drug-likeness (QED) is 0.427. The molecule has 0 heterocycles. The summed E-state index contributed by atoms with van der Waals surface area (Å²) >= 11 is 0. The number of hydrogen-bond acceptors (Lipinski definition) is 2. The second-order valence-electron chi connectivity index (χ2n) is 5.29. The Morgan fingerprint density at radius 1 is 0.632 bits per heavy atom. The molecule has 0 rings (SSSR count). The molecule has 0 aliphatic carbocycles. The molecule has 2 N–H and O–H groups in total. The smallest absolute Gasteiger partial charge is 0.0588 e. The molecule has 3 heteroatoms. The molecule has 0 amide bonds. The van der Waals surface area contributed by atoms with Crippen LogP contribution in [-0.4, -0.2) is 19.8 Å². The fourth-order valence-corrected chi connectivity index (χ4v) is 2.23. The second kappa shape index (κ2) is 20.5. The van der Waals surface area contributed by atoms with Crippen molar-refractivity contribution in [2.45, 2.75) is 84.0 Å². The average Bonchev–Trinajstić information content (AvgIpc) is 2.39. The molecule has 0 aromatic heterocycles. The van der Waals surface area contributed by atoms with Gasteiger partial charge in [-0.05, 0) is 6.42 Å². The fraction of sp³-hybridized carbons (Fsp3) is 1.00. The van der Waals surface area contributed by atoms with Gasteiger partial charge >= 0.3 is 0 Å². The van der Waals surface area contributed by atoms with Crippen LogP contribution in [0.3, 0.4) is 0 Å². The maximum atomic E-state index is 5.35. The van der Waals surface area contributed by atoms with Crippen LogP contribution in [0.5, 0.6) is 0 Å². The summed E-state index contributed by atoms with van der Waals surface area (Å²) in [7, 11) is 0. The van der Waals surface area contributed by atoms with E-state index in [1.807, 2.05) is 0 Å². The molecule has 118 valence electrons. The van der Waals surface area contributed by atoms with E-state index in [2.05, 4.69) is 6.92 Å². The van der Waals surface area contributed by atoms with E-state index in [4.69, 9.17) is 10.5 Å². The Bertz CT molecular complexity index is 129. The Hall–Kier alpha value is 0.210. The molecule has 0 aliphatic rings. The first-order valence-electron chi connectivity index (χ1n) is 8.19. The number of unbranched alkanes of at least 4 members (excludes halogenated alkanes) is 11. The van der Waals surface area contributed by atoms with Crippen LogP contribution in [0, 0.1) is 0 Å². The Kier molecular flexibility index (Phi) is 23.2. The SMILES string of the molecule is CCCCCCCCCCCCCCOCCN.Cl. The maximum absolute atomic E-state index is 5.35. The lowest BCUT2D eigenvalue weighted by Gasteiger charge is -2.03. The number of hydrogen-bond donors (Lipinski definition) is 1. The van der Waals surface area contributed by atoms with Gasteiger partial charge in [0.2, 0.25) is 0 Å². The fourth-order valence-electron chi connectivity index (χ4n) is 2.23. The third-order valence-corrected chi connectivity index (χ3v) is 3.40. The van der Waals surface area contributed by atoms with Crippen LogP contribution < -0.4 is 5.73 Å². The Balaban J connectivity index is 0. The van der Waals surface area contributed by atoms with E-state index in [0.29, 0.717) is 6.54 Å². The van der Waals surface area contributed by atoms with E-state index in [9.17, 15) is 0 Å². The van der Waals surface area contributed by atoms with Crippen LogP contribution in [0.2, 0.25) is 0 Å². The van der Waals surface area contributed by atoms with E-state index in [0.717, 1.165) is 13.2 Å². The zero-order valence-corrected chi connectivity index (χ0v) is 13.8. The van der Waals surface area contributed by atoms with Crippen LogP contribution in [0.4, 0.5) is 0 Å². The van der Waals surface area contributed by atoms with Crippen LogP contribution >= 0.6 is 12.4 Å². The molecule has 0 aromatic rings. The van der Waals surface area contributed by atoms with Crippen molar-refractivity contribution < 1.29 is 4.74 Å². The molecule has 2 nitrogen and oxygen atoms in total. The average molecular weight is 294 g/mol. The summed E-state index contributed by atoms with van der Waals surface area (Å²) in [6.45, 7) is 4.55. The summed E-state index contributed by atoms with van der Waals surface area (Å²) in [6.07, 6.45) is 16.8. The van der Waals surface area contributed by atoms with Crippen molar-refractivity contribution in [3.8, 4) is 0 Å². The number of halogens is 1. The Labute approximate surface area is 127 Å². The second-order valence-corrected chi connectivity index (χ2v) is 5.29. The summed E-state index contributed by atoms with van der Waals surface area (Å²) in [4.78, 5) is 0. The third-order valence-electron chi connectivity index (χ3n) is 3.40. The zero-order chi connectivity index (χ0) is 13.3. The highest BCUT2D eigenvalue weighted by atomic mass is 35.5. The molecular formula is C16H36ClNO. The maximum Gasteiger partial charge on any atom is 0.0588 e. The highest BCUT2D eigenvalue weighted by molar-refractivity contribution is 5.85. The summed E-state index contributed by atoms with van der Waals surface area (Å²) in [5.74, 6) is 0. The van der Waals surface area contributed by atoms with Gasteiger partial charge in [-0.3, -0.25) is 0 Å². The molecule has 0 aromatic carbocycles. The van der Waals surface area contributed by atoms with Gasteiger partial charge in [-0.15, -0.1) is 12.4 Å². The molecule has 0 saturated heterocycles. The minimum absolute atomic E-state index is 0. The first-order chi connectivity index (χ1) is 8.91. The first-order valence-corrected chi connectivity index (χ1v) is 8.19. The van der Waals surface area contributed by atoms with Gasteiger partial charge < -0.3 is 10.5 Å². The number of ether oxygens (including phenoxy) is 1. The molecular weight excluding hydrogens is 258 g/mol. The predicted molar refractivity (Wildman–Crippen MR) is 88.2 cm³/mol. The van der Waals surface area contributed by atoms with Crippen molar-refractivity contribution in [2.75, 3.05) is 19.8 Å². The predicted octanol–water partition coefficient (Wildman–Crippen LogP) is 5.08. The lowest BCUT2D eigenvalue weighted by atomic mass is 10.1. The highest BCUT2D eigenvalue weighted by Crippen LogP contribution is 2.11. The molecule has 19 heavy (non-hydrogen) atoms. The molecule has 0 unspecified atom stereocenters. The minimum atomic E-state index is 0. The van der Waals surface area contributed by atoms with Gasteiger partial charge in [-0.25, -0.2) is 0 Å². The van der Waals surface area contributed by atoms with Crippen LogP contribution in [-0.2, 0) is 4.74 Å². The van der Waals surface area contributed by atoms with Gasteiger partial charge in [0.15, 0.2) is 0 Å². The molecule has 0 saturated carbocycles. The van der Waals surface area contributed by atoms with E-state index >= 15 is 0 Å². The lowest BCUT2D eigenvalue weighted by Crippen LogP contribution is -2.08. The van der Waals surface area contributed by atoms with Crippen molar-refractivity contribution >= 4 is 12.4 Å². The van der Waals surface area contributed by atoms with E-state index in [1.165, 1.54) is 77.0 Å². The molecule has 0 bridgehead atoms. The zero-order valence-electron chi connectivity index (χ0n) is 13.0. The molecule has 0 atom stereocenters. The van der Waals surface area contributed by atoms with E-state index in [1.54, 1.807) is 0 Å². The number of nitrogens with two attached hydrogens (primary N) is 1. The summed E-state index contributed by atoms with van der Waals surface area (Å²) < 4.78 is 5.35. The third kappa shape index (κ3) is 20.7. The van der Waals surface area contributed by atoms with Crippen LogP contribution in [0.1, 0.15) is 84.0 Å². The van der Waals surface area contributed by atoms with E-state index in [-0.39, 0.29) is 12.4 Å². The largest absolute Gasteiger partial charge is 0.380 e. The van der Waals surface area contributed by atoms with Crippen LogP contribution in [0.15, 0.2) is 0 Å². The van der Waals surface area contributed by atoms with Crippen molar-refractivity contribution in [3.63, 3.8) is 0 Å². The standard InChI is InChI=1S/C16H35NO.ClH/c1-2-3-4-5-6-7-8-9-10-11-12-13-15-18-16-14-17;/h2-17H2,1H3;1H. The minimum Gasteiger partial charge on any atom is -0.380 e. The monoisotopic (exact) mass is 293 g/mol.